The second-order valence-electron chi connectivity index (χ2n) is 4.48. The Kier molecular flexibility index (Phi) is 6.11. The second-order valence-corrected chi connectivity index (χ2v) is 5.25. The van der Waals surface area contributed by atoms with E-state index < -0.39 is 0 Å². The van der Waals surface area contributed by atoms with E-state index in [1.54, 1.807) is 6.07 Å². The summed E-state index contributed by atoms with van der Waals surface area (Å²) in [5.74, 6) is 2.13. The lowest BCUT2D eigenvalue weighted by Gasteiger charge is -2.08. The van der Waals surface area contributed by atoms with Crippen molar-refractivity contribution in [3.8, 4) is 0 Å². The molecule has 0 amide bonds. The molecule has 1 aromatic heterocycles. The van der Waals surface area contributed by atoms with Gasteiger partial charge in [-0.2, -0.15) is 0 Å². The summed E-state index contributed by atoms with van der Waals surface area (Å²) >= 11 is 1.50. The van der Waals surface area contributed by atoms with Gasteiger partial charge in [0.25, 0.3) is 0 Å². The van der Waals surface area contributed by atoms with Crippen LogP contribution in [0.1, 0.15) is 33.1 Å². The lowest BCUT2D eigenvalue weighted by atomic mass is 10.1. The summed E-state index contributed by atoms with van der Waals surface area (Å²) in [7, 11) is 0. The largest absolute Gasteiger partial charge is 0.383 e. The Morgan fingerprint density at radius 1 is 1.35 bits per heavy atom. The van der Waals surface area contributed by atoms with E-state index in [1.165, 1.54) is 24.6 Å². The number of nitrogens with zero attached hydrogens (tertiary/aromatic N) is 2. The average Bonchev–Trinajstić information content (AvgIpc) is 2.27. The first kappa shape index (κ1) is 14.1. The zero-order valence-electron chi connectivity index (χ0n) is 10.9. The van der Waals surface area contributed by atoms with Crippen LogP contribution in [0.25, 0.3) is 0 Å². The fraction of sp³-hybridized carbons (Fsp3) is 0.667. The van der Waals surface area contributed by atoms with Gasteiger partial charge in [-0.1, -0.05) is 38.5 Å². The molecule has 0 aromatic carbocycles. The monoisotopic (exact) mass is 254 g/mol. The maximum atomic E-state index is 5.70. The highest BCUT2D eigenvalue weighted by atomic mass is 32.2. The molecule has 3 N–H and O–H groups in total. The van der Waals surface area contributed by atoms with Crippen LogP contribution in [0.5, 0.6) is 0 Å². The zero-order chi connectivity index (χ0) is 12.7. The molecule has 0 radical (unpaired) electrons. The highest BCUT2D eigenvalue weighted by molar-refractivity contribution is 7.98. The summed E-state index contributed by atoms with van der Waals surface area (Å²) in [6.45, 7) is 5.45. The lowest BCUT2D eigenvalue weighted by Crippen LogP contribution is -2.06. The number of unbranched alkanes of at least 4 members (excludes halogenated alkanes) is 1. The number of nitrogens with two attached hydrogens (primary N) is 1. The Balaban J connectivity index is 2.33. The first-order valence-electron chi connectivity index (χ1n) is 6.04. The summed E-state index contributed by atoms with van der Waals surface area (Å²) in [5, 5.41) is 4.01. The fourth-order valence-corrected chi connectivity index (χ4v) is 1.91. The third-order valence-electron chi connectivity index (χ3n) is 2.42. The number of nitrogen functional groups attached to an aromatic ring is 1. The lowest BCUT2D eigenvalue weighted by molar-refractivity contribution is 0.544. The Bertz CT molecular complexity index is 341. The Morgan fingerprint density at radius 2 is 2.12 bits per heavy atom. The van der Waals surface area contributed by atoms with Gasteiger partial charge in [-0.25, -0.2) is 9.97 Å². The zero-order valence-corrected chi connectivity index (χ0v) is 11.7. The molecule has 0 atom stereocenters. The topological polar surface area (TPSA) is 63.8 Å². The molecule has 1 heterocycles. The Hall–Kier alpha value is -0.970. The van der Waals surface area contributed by atoms with E-state index in [0.717, 1.165) is 29.9 Å². The number of nitrogens with one attached hydrogen (secondary N) is 1. The molecule has 0 saturated carbocycles. The van der Waals surface area contributed by atoms with Gasteiger partial charge in [0, 0.05) is 12.6 Å². The fourth-order valence-electron chi connectivity index (χ4n) is 1.52. The highest BCUT2D eigenvalue weighted by Crippen LogP contribution is 2.15. The summed E-state index contributed by atoms with van der Waals surface area (Å²) in [5.41, 5.74) is 5.70. The summed E-state index contributed by atoms with van der Waals surface area (Å²) in [6.07, 6.45) is 5.64. The normalized spacial score (nSPS) is 10.8. The molecule has 0 fully saturated rings. The van der Waals surface area contributed by atoms with Crippen molar-refractivity contribution in [3.05, 3.63) is 6.07 Å². The van der Waals surface area contributed by atoms with Gasteiger partial charge in [0.15, 0.2) is 5.16 Å². The van der Waals surface area contributed by atoms with E-state index in [2.05, 4.69) is 29.1 Å². The SMILES string of the molecule is CSc1nc(N)cc(NCCCCC(C)C)n1. The smallest absolute Gasteiger partial charge is 0.191 e. The molecule has 96 valence electrons. The van der Waals surface area contributed by atoms with Gasteiger partial charge >= 0.3 is 0 Å². The van der Waals surface area contributed by atoms with Crippen LogP contribution < -0.4 is 11.1 Å². The quantitative estimate of drug-likeness (QED) is 0.445. The van der Waals surface area contributed by atoms with Crippen LogP contribution in [0.3, 0.4) is 0 Å². The second kappa shape index (κ2) is 7.37. The van der Waals surface area contributed by atoms with E-state index >= 15 is 0 Å². The van der Waals surface area contributed by atoms with Gasteiger partial charge < -0.3 is 11.1 Å². The van der Waals surface area contributed by atoms with Gasteiger partial charge in [0.05, 0.1) is 0 Å². The summed E-state index contributed by atoms with van der Waals surface area (Å²) < 4.78 is 0. The van der Waals surface area contributed by atoms with Crippen LogP contribution in [0.4, 0.5) is 11.6 Å². The third kappa shape index (κ3) is 5.77. The molecule has 5 heteroatoms. The third-order valence-corrected chi connectivity index (χ3v) is 2.97. The van der Waals surface area contributed by atoms with Crippen molar-refractivity contribution in [3.63, 3.8) is 0 Å². The van der Waals surface area contributed by atoms with Crippen LogP contribution >= 0.6 is 11.8 Å². The van der Waals surface area contributed by atoms with Crippen LogP contribution in [-0.2, 0) is 0 Å². The van der Waals surface area contributed by atoms with Crippen molar-refractivity contribution in [2.75, 3.05) is 23.9 Å². The molecule has 4 nitrogen and oxygen atoms in total. The number of anilines is 2. The van der Waals surface area contributed by atoms with E-state index in [9.17, 15) is 0 Å². The number of aromatic nitrogens is 2. The van der Waals surface area contributed by atoms with Crippen molar-refractivity contribution < 1.29 is 0 Å². The minimum atomic E-state index is 0.522. The molecule has 0 saturated heterocycles. The molecule has 0 aliphatic carbocycles. The van der Waals surface area contributed by atoms with Crippen molar-refractivity contribution in [2.45, 2.75) is 38.3 Å². The van der Waals surface area contributed by atoms with Crippen molar-refractivity contribution in [1.82, 2.24) is 9.97 Å². The molecule has 17 heavy (non-hydrogen) atoms. The Morgan fingerprint density at radius 3 is 2.76 bits per heavy atom. The molecular weight excluding hydrogens is 232 g/mol. The van der Waals surface area contributed by atoms with Crippen LogP contribution in [0, 0.1) is 5.92 Å². The summed E-state index contributed by atoms with van der Waals surface area (Å²) in [4.78, 5) is 8.46. The first-order valence-corrected chi connectivity index (χ1v) is 7.26. The molecule has 0 aliphatic heterocycles. The van der Waals surface area contributed by atoms with Gasteiger partial charge in [0.2, 0.25) is 0 Å². The van der Waals surface area contributed by atoms with Gasteiger partial charge in [-0.15, -0.1) is 0 Å². The summed E-state index contributed by atoms with van der Waals surface area (Å²) in [6, 6.07) is 1.78. The van der Waals surface area contributed by atoms with Gasteiger partial charge in [-0.3, -0.25) is 0 Å². The number of hydrogen-bond donors (Lipinski definition) is 2. The maximum Gasteiger partial charge on any atom is 0.191 e. The van der Waals surface area contributed by atoms with Gasteiger partial charge in [0.1, 0.15) is 11.6 Å². The standard InChI is InChI=1S/C12H22N4S/c1-9(2)6-4-5-7-14-11-8-10(13)15-12(16-11)17-3/h8-9H,4-7H2,1-3H3,(H3,13,14,15,16). The molecule has 0 spiro atoms. The van der Waals surface area contributed by atoms with Gasteiger partial charge in [-0.05, 0) is 18.6 Å². The molecular formula is C12H22N4S. The molecule has 1 aromatic rings. The molecule has 1 rings (SSSR count). The molecule has 0 unspecified atom stereocenters. The number of thioether (sulfide) groups is 1. The molecule has 0 aliphatic rings. The van der Waals surface area contributed by atoms with E-state index in [4.69, 9.17) is 5.73 Å². The minimum absolute atomic E-state index is 0.522. The van der Waals surface area contributed by atoms with Crippen molar-refractivity contribution in [2.24, 2.45) is 5.92 Å². The number of rotatable bonds is 7. The van der Waals surface area contributed by atoms with Crippen LogP contribution in [0.15, 0.2) is 11.2 Å². The predicted octanol–water partition coefficient (Wildman–Crippen LogP) is 3.02. The van der Waals surface area contributed by atoms with Crippen molar-refractivity contribution >= 4 is 23.4 Å². The van der Waals surface area contributed by atoms with E-state index in [0.29, 0.717) is 5.82 Å². The maximum absolute atomic E-state index is 5.70. The molecule has 0 bridgehead atoms. The minimum Gasteiger partial charge on any atom is -0.383 e. The first-order chi connectivity index (χ1) is 8.11. The number of hydrogen-bond acceptors (Lipinski definition) is 5. The van der Waals surface area contributed by atoms with Crippen LogP contribution in [0.2, 0.25) is 0 Å². The average molecular weight is 254 g/mol. The van der Waals surface area contributed by atoms with E-state index in [1.807, 2.05) is 6.26 Å². The Labute approximate surface area is 108 Å². The van der Waals surface area contributed by atoms with Crippen LogP contribution in [-0.4, -0.2) is 22.8 Å². The predicted molar refractivity (Wildman–Crippen MR) is 75.4 cm³/mol. The highest BCUT2D eigenvalue weighted by Gasteiger charge is 2.01. The van der Waals surface area contributed by atoms with Crippen molar-refractivity contribution in [1.29, 1.82) is 0 Å². The van der Waals surface area contributed by atoms with E-state index in [-0.39, 0.29) is 0 Å².